The molecule has 5 nitrogen and oxygen atoms in total. The van der Waals surface area contributed by atoms with E-state index in [0.717, 1.165) is 11.1 Å². The molecule has 0 spiro atoms. The van der Waals surface area contributed by atoms with Crippen LogP contribution in [0.15, 0.2) is 54.6 Å². The van der Waals surface area contributed by atoms with Crippen LogP contribution in [0.1, 0.15) is 34.5 Å². The second-order valence-corrected chi connectivity index (χ2v) is 5.83. The van der Waals surface area contributed by atoms with Crippen molar-refractivity contribution in [3.63, 3.8) is 0 Å². The van der Waals surface area contributed by atoms with Gasteiger partial charge in [0.05, 0.1) is 5.92 Å². The number of primary amides is 1. The lowest BCUT2D eigenvalue weighted by atomic mass is 9.94. The molecule has 24 heavy (non-hydrogen) atoms. The van der Waals surface area contributed by atoms with Gasteiger partial charge in [0.15, 0.2) is 0 Å². The van der Waals surface area contributed by atoms with Crippen LogP contribution in [0.2, 0.25) is 0 Å². The summed E-state index contributed by atoms with van der Waals surface area (Å²) in [4.78, 5) is 23.4. The Morgan fingerprint density at radius 2 is 1.79 bits per heavy atom. The molecule has 0 saturated heterocycles. The van der Waals surface area contributed by atoms with Crippen LogP contribution in [-0.4, -0.2) is 18.4 Å². The van der Waals surface area contributed by atoms with E-state index in [-0.39, 0.29) is 17.9 Å². The van der Waals surface area contributed by atoms with E-state index in [4.69, 9.17) is 11.5 Å². The molecule has 5 N–H and O–H groups in total. The maximum Gasteiger partial charge on any atom is 0.248 e. The fourth-order valence-electron chi connectivity index (χ4n) is 2.50. The topological polar surface area (TPSA) is 98.2 Å². The van der Waals surface area contributed by atoms with E-state index < -0.39 is 5.91 Å². The van der Waals surface area contributed by atoms with Crippen LogP contribution >= 0.6 is 0 Å². The Bertz CT molecular complexity index is 701. The van der Waals surface area contributed by atoms with E-state index in [1.54, 1.807) is 18.2 Å². The molecule has 126 valence electrons. The molecular weight excluding hydrogens is 302 g/mol. The Kier molecular flexibility index (Phi) is 6.09. The van der Waals surface area contributed by atoms with Crippen molar-refractivity contribution in [3.05, 3.63) is 71.3 Å². The number of carbonyl (C=O) groups excluding carboxylic acids is 2. The van der Waals surface area contributed by atoms with E-state index in [9.17, 15) is 9.59 Å². The highest BCUT2D eigenvalue weighted by atomic mass is 16.2. The van der Waals surface area contributed by atoms with Crippen molar-refractivity contribution in [1.82, 2.24) is 5.32 Å². The quantitative estimate of drug-likeness (QED) is 0.723. The van der Waals surface area contributed by atoms with E-state index in [0.29, 0.717) is 18.5 Å². The van der Waals surface area contributed by atoms with Gasteiger partial charge in [0.25, 0.3) is 0 Å². The Balaban J connectivity index is 1.86. The Morgan fingerprint density at radius 3 is 2.46 bits per heavy atom. The average Bonchev–Trinajstić information content (AvgIpc) is 2.61. The van der Waals surface area contributed by atoms with Gasteiger partial charge in [0.1, 0.15) is 0 Å². The van der Waals surface area contributed by atoms with Crippen molar-refractivity contribution < 1.29 is 9.59 Å². The molecule has 2 rings (SSSR count). The molecule has 2 atom stereocenters. The maximum absolute atomic E-state index is 12.3. The van der Waals surface area contributed by atoms with Crippen molar-refractivity contribution in [2.45, 2.75) is 19.4 Å². The lowest BCUT2D eigenvalue weighted by Crippen LogP contribution is -2.36. The minimum Gasteiger partial charge on any atom is -0.366 e. The van der Waals surface area contributed by atoms with Gasteiger partial charge in [-0.15, -0.1) is 0 Å². The first kappa shape index (κ1) is 17.7. The monoisotopic (exact) mass is 325 g/mol. The molecule has 2 unspecified atom stereocenters. The first-order chi connectivity index (χ1) is 11.5. The SMILES string of the molecule is CC(C(=O)NCCc1cccc(C(N)=O)c1)C(N)c1ccccc1. The number of benzene rings is 2. The molecule has 2 aromatic rings. The van der Waals surface area contributed by atoms with Crippen LogP contribution in [0.3, 0.4) is 0 Å². The molecule has 0 heterocycles. The summed E-state index contributed by atoms with van der Waals surface area (Å²) in [6.45, 7) is 2.30. The van der Waals surface area contributed by atoms with Crippen LogP contribution in [0.4, 0.5) is 0 Å². The lowest BCUT2D eigenvalue weighted by Gasteiger charge is -2.19. The summed E-state index contributed by atoms with van der Waals surface area (Å²) in [5.74, 6) is -0.870. The molecule has 0 fully saturated rings. The third-order valence-electron chi connectivity index (χ3n) is 4.06. The summed E-state index contributed by atoms with van der Waals surface area (Å²) >= 11 is 0. The first-order valence-electron chi connectivity index (χ1n) is 7.96. The summed E-state index contributed by atoms with van der Waals surface area (Å²) < 4.78 is 0. The molecule has 0 radical (unpaired) electrons. The summed E-state index contributed by atoms with van der Waals surface area (Å²) in [7, 11) is 0. The molecule has 5 heteroatoms. The zero-order valence-corrected chi connectivity index (χ0v) is 13.7. The summed E-state index contributed by atoms with van der Waals surface area (Å²) in [6.07, 6.45) is 0.625. The molecule has 0 aliphatic rings. The summed E-state index contributed by atoms with van der Waals surface area (Å²) in [5, 5.41) is 2.90. The van der Waals surface area contributed by atoms with Crippen LogP contribution in [-0.2, 0) is 11.2 Å². The van der Waals surface area contributed by atoms with Gasteiger partial charge in [-0.25, -0.2) is 0 Å². The van der Waals surface area contributed by atoms with Crippen molar-refractivity contribution in [2.75, 3.05) is 6.54 Å². The van der Waals surface area contributed by atoms with Gasteiger partial charge in [-0.05, 0) is 29.7 Å². The lowest BCUT2D eigenvalue weighted by molar-refractivity contribution is -0.125. The number of hydrogen-bond donors (Lipinski definition) is 3. The highest BCUT2D eigenvalue weighted by Crippen LogP contribution is 2.19. The van der Waals surface area contributed by atoms with E-state index in [1.165, 1.54) is 0 Å². The van der Waals surface area contributed by atoms with Crippen molar-refractivity contribution in [1.29, 1.82) is 0 Å². The molecule has 2 aromatic carbocycles. The van der Waals surface area contributed by atoms with Crippen LogP contribution in [0, 0.1) is 5.92 Å². The van der Waals surface area contributed by atoms with E-state index >= 15 is 0 Å². The molecule has 0 bridgehead atoms. The van der Waals surface area contributed by atoms with Gasteiger partial charge in [-0.1, -0.05) is 49.4 Å². The minimum absolute atomic E-state index is 0.0857. The van der Waals surface area contributed by atoms with Crippen molar-refractivity contribution in [2.24, 2.45) is 17.4 Å². The van der Waals surface area contributed by atoms with Crippen LogP contribution in [0.25, 0.3) is 0 Å². The van der Waals surface area contributed by atoms with Gasteiger partial charge >= 0.3 is 0 Å². The normalized spacial score (nSPS) is 13.1. The summed E-state index contributed by atoms with van der Waals surface area (Å²) in [5.41, 5.74) is 13.8. The van der Waals surface area contributed by atoms with Crippen LogP contribution < -0.4 is 16.8 Å². The number of nitrogens with two attached hydrogens (primary N) is 2. The van der Waals surface area contributed by atoms with Gasteiger partial charge in [-0.3, -0.25) is 9.59 Å². The molecule has 2 amide bonds. The third kappa shape index (κ3) is 4.67. The zero-order valence-electron chi connectivity index (χ0n) is 13.7. The number of rotatable bonds is 7. The second-order valence-electron chi connectivity index (χ2n) is 5.83. The molecular formula is C19H23N3O2. The maximum atomic E-state index is 12.3. The molecule has 0 aromatic heterocycles. The van der Waals surface area contributed by atoms with Crippen molar-refractivity contribution in [3.8, 4) is 0 Å². The standard InChI is InChI=1S/C19H23N3O2/c1-13(17(20)15-7-3-2-4-8-15)19(24)22-11-10-14-6-5-9-16(12-14)18(21)23/h2-9,12-13,17H,10-11,20H2,1H3,(H2,21,23)(H,22,24). The van der Waals surface area contributed by atoms with Gasteiger partial charge in [-0.2, -0.15) is 0 Å². The minimum atomic E-state index is -0.455. The summed E-state index contributed by atoms with van der Waals surface area (Å²) in [6, 6.07) is 16.3. The van der Waals surface area contributed by atoms with Crippen LogP contribution in [0.5, 0.6) is 0 Å². The molecule has 0 aliphatic heterocycles. The van der Waals surface area contributed by atoms with Crippen molar-refractivity contribution >= 4 is 11.8 Å². The predicted octanol–water partition coefficient (Wildman–Crippen LogP) is 1.78. The Morgan fingerprint density at radius 1 is 1.08 bits per heavy atom. The Labute approximate surface area is 142 Å². The number of hydrogen-bond acceptors (Lipinski definition) is 3. The fraction of sp³-hybridized carbons (Fsp3) is 0.263. The first-order valence-corrected chi connectivity index (χ1v) is 7.96. The van der Waals surface area contributed by atoms with Gasteiger partial charge < -0.3 is 16.8 Å². The fourth-order valence-corrected chi connectivity index (χ4v) is 2.50. The second kappa shape index (κ2) is 8.26. The van der Waals surface area contributed by atoms with E-state index in [2.05, 4.69) is 5.32 Å². The third-order valence-corrected chi connectivity index (χ3v) is 4.06. The van der Waals surface area contributed by atoms with E-state index in [1.807, 2.05) is 43.3 Å². The molecule has 0 aliphatic carbocycles. The number of amides is 2. The van der Waals surface area contributed by atoms with Gasteiger partial charge in [0, 0.05) is 18.2 Å². The Hall–Kier alpha value is -2.66. The molecule has 0 saturated carbocycles. The highest BCUT2D eigenvalue weighted by Gasteiger charge is 2.21. The smallest absolute Gasteiger partial charge is 0.248 e. The predicted molar refractivity (Wildman–Crippen MR) is 94.2 cm³/mol. The van der Waals surface area contributed by atoms with Gasteiger partial charge in [0.2, 0.25) is 11.8 Å². The average molecular weight is 325 g/mol. The highest BCUT2D eigenvalue weighted by molar-refractivity contribution is 5.92. The number of carbonyl (C=O) groups is 2. The zero-order chi connectivity index (χ0) is 17.5. The largest absolute Gasteiger partial charge is 0.366 e. The number of nitrogens with one attached hydrogen (secondary N) is 1.